The van der Waals surface area contributed by atoms with Gasteiger partial charge in [-0.05, 0) is 30.2 Å². The van der Waals surface area contributed by atoms with Crippen LogP contribution < -0.4 is 10.3 Å². The highest BCUT2D eigenvalue weighted by molar-refractivity contribution is 6.37. The number of carbonyl (C=O) groups excluding carboxylic acids is 1. The van der Waals surface area contributed by atoms with Gasteiger partial charge >= 0.3 is 5.97 Å². The van der Waals surface area contributed by atoms with E-state index in [2.05, 4.69) is 27.5 Å². The number of halogens is 1. The van der Waals surface area contributed by atoms with Crippen molar-refractivity contribution in [2.45, 2.75) is 26.4 Å². The summed E-state index contributed by atoms with van der Waals surface area (Å²) in [6.45, 7) is 6.35. The summed E-state index contributed by atoms with van der Waals surface area (Å²) >= 11 is 6.27. The third-order valence-corrected chi connectivity index (χ3v) is 6.17. The number of rotatable bonds is 8. The van der Waals surface area contributed by atoms with Crippen molar-refractivity contribution < 1.29 is 19.4 Å². The largest absolute Gasteiger partial charge is 0.481 e. The zero-order valence-corrected chi connectivity index (χ0v) is 19.7. The quantitative estimate of drug-likeness (QED) is 0.560. The molecule has 34 heavy (non-hydrogen) atoms. The van der Waals surface area contributed by atoms with Crippen LogP contribution >= 0.6 is 11.6 Å². The van der Waals surface area contributed by atoms with E-state index in [0.29, 0.717) is 23.0 Å². The van der Waals surface area contributed by atoms with E-state index in [0.717, 1.165) is 38.4 Å². The van der Waals surface area contributed by atoms with Crippen molar-refractivity contribution in [3.63, 3.8) is 0 Å². The Labute approximate surface area is 203 Å². The van der Waals surface area contributed by atoms with Gasteiger partial charge in [-0.3, -0.25) is 14.5 Å². The third kappa shape index (κ3) is 5.47. The molecule has 1 fully saturated rings. The summed E-state index contributed by atoms with van der Waals surface area (Å²) < 4.78 is 5.44. The molecule has 0 spiro atoms. The summed E-state index contributed by atoms with van der Waals surface area (Å²) in [6.07, 6.45) is -0.366. The molecule has 0 bridgehead atoms. The second-order valence-corrected chi connectivity index (χ2v) is 8.60. The first-order chi connectivity index (χ1) is 16.4. The maximum absolute atomic E-state index is 13.3. The number of hydrogen-bond donors (Lipinski definition) is 2. The normalized spacial score (nSPS) is 18.1. The van der Waals surface area contributed by atoms with Crippen molar-refractivity contribution in [2.24, 2.45) is 5.10 Å². The van der Waals surface area contributed by atoms with E-state index < -0.39 is 11.9 Å². The van der Waals surface area contributed by atoms with Crippen LogP contribution in [-0.2, 0) is 27.4 Å². The molecule has 0 aromatic heterocycles. The number of ether oxygens (including phenoxy) is 1. The molecule has 9 heteroatoms. The first kappa shape index (κ1) is 23.9. The number of hydrazone groups is 1. The summed E-state index contributed by atoms with van der Waals surface area (Å²) in [5.41, 5.74) is 3.75. The number of amides is 1. The van der Waals surface area contributed by atoms with Gasteiger partial charge in [-0.25, -0.2) is 0 Å². The average Bonchev–Trinajstić information content (AvgIpc) is 3.14. The number of hydrogen-bond acceptors (Lipinski definition) is 6. The van der Waals surface area contributed by atoms with Crippen molar-refractivity contribution in [2.75, 3.05) is 31.3 Å². The van der Waals surface area contributed by atoms with Gasteiger partial charge < -0.3 is 15.2 Å². The maximum Gasteiger partial charge on any atom is 0.309 e. The van der Waals surface area contributed by atoms with Gasteiger partial charge in [0.05, 0.1) is 41.6 Å². The molecule has 2 aliphatic rings. The van der Waals surface area contributed by atoms with Gasteiger partial charge in [0.15, 0.2) is 0 Å². The topological polar surface area (TPSA) is 94.5 Å². The van der Waals surface area contributed by atoms with E-state index in [-0.39, 0.29) is 17.7 Å². The lowest BCUT2D eigenvalue weighted by Gasteiger charge is -2.27. The molecule has 2 aromatic rings. The Morgan fingerprint density at radius 3 is 2.50 bits per heavy atom. The molecule has 0 atom stereocenters. The number of carbonyl (C=O) groups is 2. The van der Waals surface area contributed by atoms with Crippen LogP contribution in [0.25, 0.3) is 0 Å². The molecule has 4 rings (SSSR count). The Morgan fingerprint density at radius 1 is 1.12 bits per heavy atom. The molecule has 2 heterocycles. The molecule has 178 valence electrons. The van der Waals surface area contributed by atoms with Crippen LogP contribution in [-0.4, -0.2) is 53.9 Å². The molecular formula is C25H27ClN4O4. The summed E-state index contributed by atoms with van der Waals surface area (Å²) in [4.78, 5) is 27.1. The SMILES string of the molecule is CC(NCc1ccccc1CN1CCOCC1)=C1C(=O)N(c2ccccc2Cl)N=C1CC(=O)O. The van der Waals surface area contributed by atoms with E-state index in [1.54, 1.807) is 31.2 Å². The fraction of sp³-hybridized carbons (Fsp3) is 0.320. The second kappa shape index (κ2) is 10.8. The fourth-order valence-electron chi connectivity index (χ4n) is 4.08. The van der Waals surface area contributed by atoms with Crippen LogP contribution in [0.3, 0.4) is 0 Å². The van der Waals surface area contributed by atoms with Crippen molar-refractivity contribution in [3.05, 3.63) is 76.0 Å². The van der Waals surface area contributed by atoms with E-state index >= 15 is 0 Å². The summed E-state index contributed by atoms with van der Waals surface area (Å²) in [6, 6.07) is 15.0. The lowest BCUT2D eigenvalue weighted by molar-refractivity contribution is -0.135. The number of aliphatic carboxylic acids is 1. The summed E-state index contributed by atoms with van der Waals surface area (Å²) in [5.74, 6) is -1.47. The Hall–Kier alpha value is -3.20. The Morgan fingerprint density at radius 2 is 1.79 bits per heavy atom. The van der Waals surface area contributed by atoms with Crippen molar-refractivity contribution in [1.29, 1.82) is 0 Å². The molecule has 2 aliphatic heterocycles. The highest BCUT2D eigenvalue weighted by Gasteiger charge is 2.34. The van der Waals surface area contributed by atoms with E-state index in [9.17, 15) is 14.7 Å². The molecule has 0 radical (unpaired) electrons. The van der Waals surface area contributed by atoms with Crippen LogP contribution in [0.1, 0.15) is 24.5 Å². The van der Waals surface area contributed by atoms with Crippen LogP contribution in [0.2, 0.25) is 5.02 Å². The lowest BCUT2D eigenvalue weighted by atomic mass is 10.0. The van der Waals surface area contributed by atoms with E-state index in [1.165, 1.54) is 10.6 Å². The standard InChI is InChI=1S/C25H27ClN4O4/c1-17(27-15-18-6-2-3-7-19(18)16-29-10-12-34-13-11-29)24-21(14-23(31)32)28-30(25(24)33)22-9-5-4-8-20(22)26/h2-9,27H,10-16H2,1H3,(H,31,32). The zero-order chi connectivity index (χ0) is 24.1. The Kier molecular flexibility index (Phi) is 7.62. The number of anilines is 1. The molecule has 0 aliphatic carbocycles. The first-order valence-electron chi connectivity index (χ1n) is 11.1. The average molecular weight is 483 g/mol. The Bertz CT molecular complexity index is 1140. The van der Waals surface area contributed by atoms with Gasteiger partial charge in [0, 0.05) is 31.9 Å². The number of carboxylic acid groups (broad SMARTS) is 1. The zero-order valence-electron chi connectivity index (χ0n) is 19.0. The van der Waals surface area contributed by atoms with Crippen LogP contribution in [0.4, 0.5) is 5.69 Å². The minimum Gasteiger partial charge on any atom is -0.481 e. The van der Waals surface area contributed by atoms with Gasteiger partial charge in [-0.15, -0.1) is 0 Å². The van der Waals surface area contributed by atoms with E-state index in [1.807, 2.05) is 12.1 Å². The van der Waals surface area contributed by atoms with Gasteiger partial charge in [0.1, 0.15) is 0 Å². The first-order valence-corrected chi connectivity index (χ1v) is 11.5. The number of benzene rings is 2. The van der Waals surface area contributed by atoms with E-state index in [4.69, 9.17) is 16.3 Å². The summed E-state index contributed by atoms with van der Waals surface area (Å²) in [7, 11) is 0. The van der Waals surface area contributed by atoms with Crippen molar-refractivity contribution in [1.82, 2.24) is 10.2 Å². The van der Waals surface area contributed by atoms with Gasteiger partial charge in [-0.2, -0.15) is 10.1 Å². The minimum atomic E-state index is -1.06. The minimum absolute atomic E-state index is 0.198. The molecule has 1 amide bonds. The van der Waals surface area contributed by atoms with Crippen LogP contribution in [0.15, 0.2) is 64.9 Å². The molecule has 0 saturated carbocycles. The molecule has 0 unspecified atom stereocenters. The van der Waals surface area contributed by atoms with Gasteiger partial charge in [0.25, 0.3) is 5.91 Å². The number of nitrogens with zero attached hydrogens (tertiary/aromatic N) is 3. The molecular weight excluding hydrogens is 456 g/mol. The van der Waals surface area contributed by atoms with Crippen LogP contribution in [0, 0.1) is 0 Å². The summed E-state index contributed by atoms with van der Waals surface area (Å²) in [5, 5.41) is 18.5. The lowest BCUT2D eigenvalue weighted by Crippen LogP contribution is -2.36. The smallest absolute Gasteiger partial charge is 0.309 e. The van der Waals surface area contributed by atoms with Gasteiger partial charge in [-0.1, -0.05) is 48.0 Å². The molecule has 2 aromatic carbocycles. The van der Waals surface area contributed by atoms with Crippen LogP contribution in [0.5, 0.6) is 0 Å². The molecule has 8 nitrogen and oxygen atoms in total. The number of carboxylic acids is 1. The van der Waals surface area contributed by atoms with Crippen molar-refractivity contribution in [3.8, 4) is 0 Å². The Balaban J connectivity index is 1.56. The predicted molar refractivity (Wildman–Crippen MR) is 131 cm³/mol. The van der Waals surface area contributed by atoms with Crippen molar-refractivity contribution >= 4 is 34.9 Å². The number of nitrogens with one attached hydrogen (secondary N) is 1. The predicted octanol–water partition coefficient (Wildman–Crippen LogP) is 3.41. The third-order valence-electron chi connectivity index (χ3n) is 5.85. The number of morpholine rings is 1. The number of allylic oxidation sites excluding steroid dienone is 1. The van der Waals surface area contributed by atoms with Gasteiger partial charge in [0.2, 0.25) is 0 Å². The fourth-order valence-corrected chi connectivity index (χ4v) is 4.29. The highest BCUT2D eigenvalue weighted by atomic mass is 35.5. The number of para-hydroxylation sites is 1. The maximum atomic E-state index is 13.3. The molecule has 1 saturated heterocycles. The molecule has 2 N–H and O–H groups in total. The monoisotopic (exact) mass is 482 g/mol. The highest BCUT2D eigenvalue weighted by Crippen LogP contribution is 2.31. The second-order valence-electron chi connectivity index (χ2n) is 8.20.